The Kier molecular flexibility index (Phi) is 3.60. The number of para-hydroxylation sites is 1. The fraction of sp³-hybridized carbons (Fsp3) is 0.400. The van der Waals surface area contributed by atoms with Crippen LogP contribution < -0.4 is 10.1 Å². The highest BCUT2D eigenvalue weighted by Crippen LogP contribution is 2.27. The topological polar surface area (TPSA) is 79.9 Å². The van der Waals surface area contributed by atoms with Gasteiger partial charge in [0.1, 0.15) is 11.6 Å². The Morgan fingerprint density at radius 1 is 1.48 bits per heavy atom. The maximum atomic E-state index is 12.3. The number of aromatic nitrogens is 3. The van der Waals surface area contributed by atoms with Crippen molar-refractivity contribution in [1.82, 2.24) is 20.5 Å². The van der Waals surface area contributed by atoms with Crippen molar-refractivity contribution < 1.29 is 9.53 Å². The van der Waals surface area contributed by atoms with Crippen LogP contribution in [0.4, 0.5) is 0 Å². The van der Waals surface area contributed by atoms with Gasteiger partial charge in [0.05, 0.1) is 6.04 Å². The van der Waals surface area contributed by atoms with E-state index in [4.69, 9.17) is 4.74 Å². The van der Waals surface area contributed by atoms with E-state index in [1.54, 1.807) is 0 Å². The number of nitrogens with one attached hydrogen (secondary N) is 2. The minimum Gasteiger partial charge on any atom is -0.480 e. The maximum absolute atomic E-state index is 12.3. The van der Waals surface area contributed by atoms with Gasteiger partial charge in [0.2, 0.25) is 0 Å². The van der Waals surface area contributed by atoms with Crippen LogP contribution >= 0.6 is 0 Å². The molecular weight excluding hydrogens is 268 g/mol. The molecule has 1 aliphatic heterocycles. The normalized spacial score (nSPS) is 18.5. The quantitative estimate of drug-likeness (QED) is 0.899. The number of benzene rings is 1. The molecule has 0 radical (unpaired) electrons. The first-order valence-electron chi connectivity index (χ1n) is 7.07. The SMILES string of the molecule is Cc1nc([C@@H](C)NC(=O)[C@@H]2CCc3ccccc3O2)n[nH]1. The Labute approximate surface area is 122 Å². The maximum Gasteiger partial charge on any atom is 0.261 e. The standard InChI is InChI=1S/C15H18N4O2/c1-9(14-17-10(2)18-19-14)16-15(20)13-8-7-11-5-3-4-6-12(11)21-13/h3-6,9,13H,7-8H2,1-2H3,(H,16,20)(H,17,18,19)/t9-,13+/m1/s1. The molecule has 1 amide bonds. The third kappa shape index (κ3) is 2.89. The van der Waals surface area contributed by atoms with Crippen molar-refractivity contribution in [2.75, 3.05) is 0 Å². The summed E-state index contributed by atoms with van der Waals surface area (Å²) >= 11 is 0. The molecule has 0 unspecified atom stereocenters. The van der Waals surface area contributed by atoms with Crippen LogP contribution in [0.15, 0.2) is 24.3 Å². The summed E-state index contributed by atoms with van der Waals surface area (Å²) in [7, 11) is 0. The van der Waals surface area contributed by atoms with Crippen molar-refractivity contribution in [1.29, 1.82) is 0 Å². The third-order valence-electron chi connectivity index (χ3n) is 3.57. The minimum absolute atomic E-state index is 0.126. The van der Waals surface area contributed by atoms with Crippen LogP contribution in [0.1, 0.15) is 36.6 Å². The van der Waals surface area contributed by atoms with Gasteiger partial charge < -0.3 is 10.1 Å². The van der Waals surface area contributed by atoms with Crippen molar-refractivity contribution in [2.45, 2.75) is 38.8 Å². The van der Waals surface area contributed by atoms with Crippen molar-refractivity contribution in [3.63, 3.8) is 0 Å². The molecule has 2 aromatic rings. The molecule has 2 atom stereocenters. The average Bonchev–Trinajstić information content (AvgIpc) is 2.93. The molecule has 2 N–H and O–H groups in total. The van der Waals surface area contributed by atoms with Crippen molar-refractivity contribution in [3.8, 4) is 5.75 Å². The zero-order chi connectivity index (χ0) is 14.8. The number of amides is 1. The lowest BCUT2D eigenvalue weighted by atomic mass is 10.0. The lowest BCUT2D eigenvalue weighted by molar-refractivity contribution is -0.129. The highest BCUT2D eigenvalue weighted by atomic mass is 16.5. The second kappa shape index (κ2) is 5.55. The van der Waals surface area contributed by atoms with Gasteiger partial charge in [-0.1, -0.05) is 18.2 Å². The van der Waals surface area contributed by atoms with Gasteiger partial charge in [-0.05, 0) is 38.3 Å². The fourth-order valence-electron chi connectivity index (χ4n) is 2.43. The highest BCUT2D eigenvalue weighted by Gasteiger charge is 2.27. The highest BCUT2D eigenvalue weighted by molar-refractivity contribution is 5.81. The molecule has 0 saturated heterocycles. The molecule has 110 valence electrons. The van der Waals surface area contributed by atoms with Gasteiger partial charge >= 0.3 is 0 Å². The number of fused-ring (bicyclic) bond motifs is 1. The second-order valence-electron chi connectivity index (χ2n) is 5.26. The number of ether oxygens (including phenoxy) is 1. The lowest BCUT2D eigenvalue weighted by Crippen LogP contribution is -2.41. The van der Waals surface area contributed by atoms with E-state index < -0.39 is 6.10 Å². The molecule has 1 aliphatic rings. The second-order valence-corrected chi connectivity index (χ2v) is 5.26. The molecule has 1 aromatic heterocycles. The molecule has 0 fully saturated rings. The molecular formula is C15H18N4O2. The van der Waals surface area contributed by atoms with E-state index in [9.17, 15) is 4.79 Å². The Morgan fingerprint density at radius 3 is 3.05 bits per heavy atom. The van der Waals surface area contributed by atoms with Gasteiger partial charge in [-0.3, -0.25) is 9.89 Å². The third-order valence-corrected chi connectivity index (χ3v) is 3.57. The van der Waals surface area contributed by atoms with Crippen LogP contribution in [0.25, 0.3) is 0 Å². The van der Waals surface area contributed by atoms with Gasteiger partial charge in [-0.15, -0.1) is 0 Å². The summed E-state index contributed by atoms with van der Waals surface area (Å²) in [5.41, 5.74) is 1.15. The summed E-state index contributed by atoms with van der Waals surface area (Å²) in [5.74, 6) is 1.98. The first-order valence-corrected chi connectivity index (χ1v) is 7.07. The van der Waals surface area contributed by atoms with E-state index >= 15 is 0 Å². The Balaban J connectivity index is 1.64. The Hall–Kier alpha value is -2.37. The first kappa shape index (κ1) is 13.6. The van der Waals surface area contributed by atoms with Crippen LogP contribution in [0.3, 0.4) is 0 Å². The summed E-state index contributed by atoms with van der Waals surface area (Å²) < 4.78 is 5.78. The smallest absolute Gasteiger partial charge is 0.261 e. The summed E-state index contributed by atoms with van der Waals surface area (Å²) in [6.07, 6.45) is 1.08. The lowest BCUT2D eigenvalue weighted by Gasteiger charge is -2.26. The monoisotopic (exact) mass is 286 g/mol. The molecule has 1 aromatic carbocycles. The first-order chi connectivity index (χ1) is 10.1. The zero-order valence-corrected chi connectivity index (χ0v) is 12.1. The van der Waals surface area contributed by atoms with Gasteiger partial charge in [-0.25, -0.2) is 4.98 Å². The van der Waals surface area contributed by atoms with Crippen LogP contribution in [0.2, 0.25) is 0 Å². The summed E-state index contributed by atoms with van der Waals surface area (Å²) in [5, 5.41) is 9.73. The Bertz CT molecular complexity index is 653. The van der Waals surface area contributed by atoms with Crippen molar-refractivity contribution in [3.05, 3.63) is 41.5 Å². The van der Waals surface area contributed by atoms with E-state index in [0.717, 1.165) is 23.6 Å². The molecule has 0 spiro atoms. The van der Waals surface area contributed by atoms with Gasteiger partial charge in [0.25, 0.3) is 5.91 Å². The summed E-state index contributed by atoms with van der Waals surface area (Å²) in [6.45, 7) is 3.68. The zero-order valence-electron chi connectivity index (χ0n) is 12.1. The van der Waals surface area contributed by atoms with Gasteiger partial charge in [0.15, 0.2) is 11.9 Å². The minimum atomic E-state index is -0.456. The van der Waals surface area contributed by atoms with Crippen molar-refractivity contribution in [2.24, 2.45) is 0 Å². The van der Waals surface area contributed by atoms with E-state index in [1.807, 2.05) is 38.1 Å². The Morgan fingerprint density at radius 2 is 2.29 bits per heavy atom. The van der Waals surface area contributed by atoms with E-state index in [-0.39, 0.29) is 11.9 Å². The predicted molar refractivity (Wildman–Crippen MR) is 76.9 cm³/mol. The van der Waals surface area contributed by atoms with E-state index in [2.05, 4.69) is 20.5 Å². The number of nitrogens with zero attached hydrogens (tertiary/aromatic N) is 2. The number of rotatable bonds is 3. The van der Waals surface area contributed by atoms with Gasteiger partial charge in [-0.2, -0.15) is 5.10 Å². The molecule has 2 heterocycles. The van der Waals surface area contributed by atoms with Crippen LogP contribution in [-0.4, -0.2) is 27.2 Å². The summed E-state index contributed by atoms with van der Waals surface area (Å²) in [4.78, 5) is 16.5. The molecule has 0 aliphatic carbocycles. The number of carbonyl (C=O) groups is 1. The molecule has 6 heteroatoms. The number of aromatic amines is 1. The fourth-order valence-corrected chi connectivity index (χ4v) is 2.43. The average molecular weight is 286 g/mol. The van der Waals surface area contributed by atoms with E-state index in [1.165, 1.54) is 0 Å². The molecule has 21 heavy (non-hydrogen) atoms. The molecule has 0 saturated carbocycles. The molecule has 0 bridgehead atoms. The summed E-state index contributed by atoms with van der Waals surface area (Å²) in [6, 6.07) is 7.58. The van der Waals surface area contributed by atoms with Gasteiger partial charge in [0, 0.05) is 0 Å². The van der Waals surface area contributed by atoms with Crippen molar-refractivity contribution >= 4 is 5.91 Å². The largest absolute Gasteiger partial charge is 0.480 e. The number of hydrogen-bond acceptors (Lipinski definition) is 4. The molecule has 6 nitrogen and oxygen atoms in total. The number of H-pyrrole nitrogens is 1. The predicted octanol–water partition coefficient (Wildman–Crippen LogP) is 1.68. The van der Waals surface area contributed by atoms with Crippen LogP contribution in [0.5, 0.6) is 5.75 Å². The van der Waals surface area contributed by atoms with Crippen LogP contribution in [-0.2, 0) is 11.2 Å². The number of aryl methyl sites for hydroxylation is 2. The number of hydrogen-bond donors (Lipinski definition) is 2. The number of carbonyl (C=O) groups excluding carboxylic acids is 1. The van der Waals surface area contributed by atoms with E-state index in [0.29, 0.717) is 12.2 Å². The molecule has 3 rings (SSSR count). The van der Waals surface area contributed by atoms with Crippen LogP contribution in [0, 0.1) is 6.92 Å².